The van der Waals surface area contributed by atoms with Crippen LogP contribution in [-0.2, 0) is 0 Å². The highest BCUT2D eigenvalue weighted by Gasteiger charge is 2.29. The average molecular weight is 307 g/mol. The fraction of sp³-hybridized carbons (Fsp3) is 0.545. The third-order valence-electron chi connectivity index (χ3n) is 2.94. The van der Waals surface area contributed by atoms with Crippen molar-refractivity contribution in [3.63, 3.8) is 0 Å². The maximum Gasteiger partial charge on any atom is 0.289 e. The topological polar surface area (TPSA) is 33.5 Å². The van der Waals surface area contributed by atoms with Crippen LogP contribution in [0.3, 0.4) is 0 Å². The quantitative estimate of drug-likeness (QED) is 0.747. The fourth-order valence-electron chi connectivity index (χ4n) is 1.79. The van der Waals surface area contributed by atoms with Crippen LogP contribution in [0.25, 0.3) is 0 Å². The summed E-state index contributed by atoms with van der Waals surface area (Å²) in [6.07, 6.45) is 0.946. The third-order valence-corrected chi connectivity index (χ3v) is 3.93. The second-order valence-corrected chi connectivity index (χ2v) is 5.48. The van der Waals surface area contributed by atoms with Crippen LogP contribution < -0.4 is 0 Å². The standard InChI is InChI=1S/C11H13BrClNO2/c1-7-4-5-14(6-8(7)13)11(15)9-2-3-10(12)16-9/h2-3,7-8H,4-6H2,1H3. The van der Waals surface area contributed by atoms with Crippen molar-refractivity contribution < 1.29 is 9.21 Å². The SMILES string of the molecule is CC1CCN(C(=O)c2ccc(Br)o2)CC1Cl. The molecule has 5 heteroatoms. The molecule has 0 aromatic carbocycles. The molecule has 88 valence electrons. The highest BCUT2D eigenvalue weighted by Crippen LogP contribution is 2.24. The summed E-state index contributed by atoms with van der Waals surface area (Å²) in [5.41, 5.74) is 0. The van der Waals surface area contributed by atoms with Gasteiger partial charge in [0, 0.05) is 13.1 Å². The minimum atomic E-state index is -0.0803. The Bertz CT molecular complexity index is 393. The lowest BCUT2D eigenvalue weighted by Crippen LogP contribution is -2.43. The molecule has 16 heavy (non-hydrogen) atoms. The number of alkyl halides is 1. The summed E-state index contributed by atoms with van der Waals surface area (Å²) in [7, 11) is 0. The van der Waals surface area contributed by atoms with Crippen molar-refractivity contribution in [2.24, 2.45) is 5.92 Å². The molecule has 0 radical (unpaired) electrons. The maximum absolute atomic E-state index is 12.0. The van der Waals surface area contributed by atoms with E-state index in [-0.39, 0.29) is 11.3 Å². The van der Waals surface area contributed by atoms with Crippen LogP contribution in [0, 0.1) is 5.92 Å². The molecule has 1 aliphatic rings. The molecule has 1 fully saturated rings. The average Bonchev–Trinajstić information content (AvgIpc) is 2.68. The number of halogens is 2. The van der Waals surface area contributed by atoms with Crippen LogP contribution in [0.2, 0.25) is 0 Å². The van der Waals surface area contributed by atoms with Gasteiger partial charge in [0.2, 0.25) is 0 Å². The number of hydrogen-bond acceptors (Lipinski definition) is 2. The van der Waals surface area contributed by atoms with Crippen molar-refractivity contribution in [3.8, 4) is 0 Å². The smallest absolute Gasteiger partial charge is 0.289 e. The number of hydrogen-bond donors (Lipinski definition) is 0. The van der Waals surface area contributed by atoms with E-state index in [0.717, 1.165) is 13.0 Å². The van der Waals surface area contributed by atoms with E-state index in [1.165, 1.54) is 0 Å². The van der Waals surface area contributed by atoms with Crippen LogP contribution in [0.4, 0.5) is 0 Å². The summed E-state index contributed by atoms with van der Waals surface area (Å²) >= 11 is 9.35. The van der Waals surface area contributed by atoms with Gasteiger partial charge in [-0.25, -0.2) is 0 Å². The second-order valence-electron chi connectivity index (χ2n) is 4.14. The van der Waals surface area contributed by atoms with Crippen molar-refractivity contribution >= 4 is 33.4 Å². The van der Waals surface area contributed by atoms with Gasteiger partial charge in [0.05, 0.1) is 5.38 Å². The van der Waals surface area contributed by atoms with Crippen molar-refractivity contribution in [2.45, 2.75) is 18.7 Å². The van der Waals surface area contributed by atoms with Crippen LogP contribution in [0.5, 0.6) is 0 Å². The predicted molar refractivity (Wildman–Crippen MR) is 65.7 cm³/mol. The van der Waals surface area contributed by atoms with Gasteiger partial charge < -0.3 is 9.32 Å². The summed E-state index contributed by atoms with van der Waals surface area (Å²) in [4.78, 5) is 13.8. The Balaban J connectivity index is 2.06. The number of amides is 1. The summed E-state index contributed by atoms with van der Waals surface area (Å²) in [6.45, 7) is 3.46. The Hall–Kier alpha value is -0.480. The molecule has 0 spiro atoms. The Morgan fingerprint density at radius 2 is 2.38 bits per heavy atom. The normalized spacial score (nSPS) is 25.8. The summed E-state index contributed by atoms with van der Waals surface area (Å²) in [5, 5.41) is 0.0381. The molecule has 1 aromatic rings. The van der Waals surface area contributed by atoms with Gasteiger partial charge in [0.1, 0.15) is 0 Å². The second kappa shape index (κ2) is 4.80. The molecular formula is C11H13BrClNO2. The van der Waals surface area contributed by atoms with Crippen LogP contribution >= 0.6 is 27.5 Å². The third kappa shape index (κ3) is 2.43. The van der Waals surface area contributed by atoms with E-state index in [4.69, 9.17) is 16.0 Å². The number of nitrogens with zero attached hydrogens (tertiary/aromatic N) is 1. The van der Waals surface area contributed by atoms with E-state index in [0.29, 0.717) is 22.9 Å². The molecule has 2 unspecified atom stereocenters. The zero-order valence-electron chi connectivity index (χ0n) is 8.95. The first-order chi connectivity index (χ1) is 7.58. The number of carbonyl (C=O) groups excluding carboxylic acids is 1. The van der Waals surface area contributed by atoms with Gasteiger partial charge in [-0.05, 0) is 40.4 Å². The van der Waals surface area contributed by atoms with E-state index in [9.17, 15) is 4.79 Å². The molecule has 2 atom stereocenters. The molecular weight excluding hydrogens is 293 g/mol. The van der Waals surface area contributed by atoms with Crippen LogP contribution in [-0.4, -0.2) is 29.3 Å². The van der Waals surface area contributed by atoms with Gasteiger partial charge in [-0.3, -0.25) is 4.79 Å². The lowest BCUT2D eigenvalue weighted by molar-refractivity contribution is 0.0668. The lowest BCUT2D eigenvalue weighted by Gasteiger charge is -2.33. The van der Waals surface area contributed by atoms with Gasteiger partial charge in [-0.2, -0.15) is 0 Å². The highest BCUT2D eigenvalue weighted by atomic mass is 79.9. The first-order valence-electron chi connectivity index (χ1n) is 5.26. The first-order valence-corrected chi connectivity index (χ1v) is 6.49. The fourth-order valence-corrected chi connectivity index (χ4v) is 2.39. The Labute approximate surface area is 108 Å². The van der Waals surface area contributed by atoms with E-state index < -0.39 is 0 Å². The lowest BCUT2D eigenvalue weighted by atomic mass is 9.98. The number of furan rings is 1. The molecule has 0 N–H and O–H groups in total. The summed E-state index contributed by atoms with van der Waals surface area (Å²) < 4.78 is 5.82. The minimum absolute atomic E-state index is 0.0381. The zero-order valence-corrected chi connectivity index (χ0v) is 11.3. The number of carbonyl (C=O) groups is 1. The molecule has 2 heterocycles. The zero-order chi connectivity index (χ0) is 11.7. The summed E-state index contributed by atoms with van der Waals surface area (Å²) in [5.74, 6) is 0.752. The van der Waals surface area contributed by atoms with E-state index in [1.807, 2.05) is 0 Å². The molecule has 1 amide bonds. The molecule has 0 aliphatic carbocycles. The monoisotopic (exact) mass is 305 g/mol. The van der Waals surface area contributed by atoms with Gasteiger partial charge in [-0.1, -0.05) is 6.92 Å². The van der Waals surface area contributed by atoms with Crippen molar-refractivity contribution in [2.75, 3.05) is 13.1 Å². The van der Waals surface area contributed by atoms with E-state index in [1.54, 1.807) is 17.0 Å². The van der Waals surface area contributed by atoms with Gasteiger partial charge in [0.25, 0.3) is 5.91 Å². The minimum Gasteiger partial charge on any atom is -0.444 e. The maximum atomic E-state index is 12.0. The molecule has 1 aromatic heterocycles. The largest absolute Gasteiger partial charge is 0.444 e. The molecule has 1 aliphatic heterocycles. The predicted octanol–water partition coefficient (Wildman–Crippen LogP) is 3.13. The number of rotatable bonds is 1. The highest BCUT2D eigenvalue weighted by molar-refractivity contribution is 9.10. The van der Waals surface area contributed by atoms with Crippen molar-refractivity contribution in [1.29, 1.82) is 0 Å². The molecule has 3 nitrogen and oxygen atoms in total. The Morgan fingerprint density at radius 1 is 1.62 bits per heavy atom. The molecule has 1 saturated heterocycles. The Morgan fingerprint density at radius 3 is 2.94 bits per heavy atom. The van der Waals surface area contributed by atoms with Crippen molar-refractivity contribution in [3.05, 3.63) is 22.6 Å². The van der Waals surface area contributed by atoms with Gasteiger partial charge in [0.15, 0.2) is 10.4 Å². The van der Waals surface area contributed by atoms with E-state index >= 15 is 0 Å². The van der Waals surface area contributed by atoms with Crippen molar-refractivity contribution in [1.82, 2.24) is 4.90 Å². The first kappa shape index (κ1) is 12.0. The molecule has 0 bridgehead atoms. The number of piperidine rings is 1. The Kier molecular flexibility index (Phi) is 3.60. The van der Waals surface area contributed by atoms with E-state index in [2.05, 4.69) is 22.9 Å². The van der Waals surface area contributed by atoms with Crippen LogP contribution in [0.1, 0.15) is 23.9 Å². The van der Waals surface area contributed by atoms with Crippen LogP contribution in [0.15, 0.2) is 21.2 Å². The van der Waals surface area contributed by atoms with Gasteiger partial charge in [-0.15, -0.1) is 11.6 Å². The molecule has 2 rings (SSSR count). The number of likely N-dealkylation sites (tertiary alicyclic amines) is 1. The molecule has 0 saturated carbocycles. The summed E-state index contributed by atoms with van der Waals surface area (Å²) in [6, 6.07) is 3.39. The van der Waals surface area contributed by atoms with Gasteiger partial charge >= 0.3 is 0 Å².